The van der Waals surface area contributed by atoms with Crippen LogP contribution < -0.4 is 27.4 Å². The van der Waals surface area contributed by atoms with Crippen molar-refractivity contribution in [2.24, 2.45) is 11.5 Å². The van der Waals surface area contributed by atoms with E-state index in [1.54, 1.807) is 0 Å². The number of rotatable bonds is 15. The van der Waals surface area contributed by atoms with Crippen molar-refractivity contribution in [3.8, 4) is 0 Å². The zero-order valence-electron chi connectivity index (χ0n) is 17.5. The predicted octanol–water partition coefficient (Wildman–Crippen LogP) is -3.13. The number of carbonyl (C=O) groups excluding carboxylic acids is 3. The van der Waals surface area contributed by atoms with Crippen molar-refractivity contribution in [1.29, 1.82) is 0 Å². The Hall–Kier alpha value is -2.68. The number of hydrogen-bond donors (Lipinski definition) is 9. The van der Waals surface area contributed by atoms with E-state index in [4.69, 9.17) is 21.7 Å². The number of unbranched alkanes of at least 4 members (excludes halogenated alkanes) is 1. The van der Waals surface area contributed by atoms with Gasteiger partial charge in [-0.05, 0) is 25.8 Å². The van der Waals surface area contributed by atoms with Crippen LogP contribution in [-0.4, -0.2) is 86.9 Å². The third kappa shape index (κ3) is 9.21. The van der Waals surface area contributed by atoms with Crippen LogP contribution in [0.2, 0.25) is 0 Å². The number of carboxylic acids is 1. The van der Waals surface area contributed by atoms with Crippen LogP contribution >= 0.6 is 12.6 Å². The van der Waals surface area contributed by atoms with Crippen LogP contribution in [0.1, 0.15) is 25.0 Å². The van der Waals surface area contributed by atoms with Crippen LogP contribution in [0, 0.1) is 0 Å². The molecular weight excluding hydrogens is 442 g/mol. The molecule has 0 saturated heterocycles. The molecule has 0 aromatic carbocycles. The number of nitrogens with two attached hydrogens (primary N) is 2. The first-order chi connectivity index (χ1) is 15.2. The highest BCUT2D eigenvalue weighted by atomic mass is 32.1. The van der Waals surface area contributed by atoms with E-state index in [9.17, 15) is 19.2 Å². The lowest BCUT2D eigenvalue weighted by molar-refractivity contribution is -0.143. The molecule has 0 radical (unpaired) electrons. The lowest BCUT2D eigenvalue weighted by Gasteiger charge is -2.24. The summed E-state index contributed by atoms with van der Waals surface area (Å²) in [5, 5.41) is 25.3. The Kier molecular flexibility index (Phi) is 12.3. The molecule has 0 saturated carbocycles. The van der Waals surface area contributed by atoms with Crippen molar-refractivity contribution in [1.82, 2.24) is 25.9 Å². The second-order valence-corrected chi connectivity index (χ2v) is 7.42. The van der Waals surface area contributed by atoms with E-state index in [0.717, 1.165) is 0 Å². The molecule has 0 aliphatic rings. The average molecular weight is 474 g/mol. The summed E-state index contributed by atoms with van der Waals surface area (Å²) in [7, 11) is 0. The normalized spacial score (nSPS) is 14.6. The second-order valence-electron chi connectivity index (χ2n) is 7.06. The average Bonchev–Trinajstić information content (AvgIpc) is 3.27. The molecule has 4 unspecified atom stereocenters. The molecule has 180 valence electrons. The monoisotopic (exact) mass is 473 g/mol. The smallest absolute Gasteiger partial charge is 0.328 e. The van der Waals surface area contributed by atoms with E-state index >= 15 is 0 Å². The molecule has 32 heavy (non-hydrogen) atoms. The lowest BCUT2D eigenvalue weighted by Crippen LogP contribution is -2.58. The summed E-state index contributed by atoms with van der Waals surface area (Å²) in [6.07, 6.45) is 4.40. The number of aliphatic hydroxyl groups is 1. The number of carbonyl (C=O) groups is 4. The number of nitrogens with zero attached hydrogens (tertiary/aromatic N) is 1. The topological polar surface area (TPSA) is 226 Å². The molecule has 1 rings (SSSR count). The molecular formula is C18H31N7O6S. The number of carboxylic acid groups (broad SMARTS) is 1. The number of hydrogen-bond acceptors (Lipinski definition) is 9. The minimum absolute atomic E-state index is 0.0696. The van der Waals surface area contributed by atoms with Gasteiger partial charge >= 0.3 is 5.97 Å². The first kappa shape index (κ1) is 27.4. The molecule has 3 amide bonds. The first-order valence-corrected chi connectivity index (χ1v) is 10.6. The second kappa shape index (κ2) is 14.4. The molecule has 0 spiro atoms. The fourth-order valence-corrected chi connectivity index (χ4v) is 2.95. The summed E-state index contributed by atoms with van der Waals surface area (Å²) >= 11 is 4.08. The summed E-state index contributed by atoms with van der Waals surface area (Å²) in [4.78, 5) is 55.3. The van der Waals surface area contributed by atoms with E-state index < -0.39 is 54.5 Å². The summed E-state index contributed by atoms with van der Waals surface area (Å²) < 4.78 is 0. The fraction of sp³-hybridized carbons (Fsp3) is 0.611. The van der Waals surface area contributed by atoms with Crippen molar-refractivity contribution in [2.45, 2.75) is 49.9 Å². The lowest BCUT2D eigenvalue weighted by atomic mass is 10.1. The number of thiol groups is 1. The van der Waals surface area contributed by atoms with Gasteiger partial charge in [-0.2, -0.15) is 12.6 Å². The maximum absolute atomic E-state index is 12.7. The van der Waals surface area contributed by atoms with Crippen LogP contribution in [-0.2, 0) is 25.6 Å². The number of aromatic amines is 1. The number of nitrogens with one attached hydrogen (secondary N) is 4. The molecule has 14 heteroatoms. The molecule has 0 fully saturated rings. The number of aliphatic carboxylic acids is 1. The largest absolute Gasteiger partial charge is 0.480 e. The zero-order chi connectivity index (χ0) is 24.1. The number of imidazole rings is 1. The van der Waals surface area contributed by atoms with Crippen molar-refractivity contribution in [2.75, 3.05) is 18.9 Å². The molecule has 1 heterocycles. The predicted molar refractivity (Wildman–Crippen MR) is 118 cm³/mol. The Morgan fingerprint density at radius 2 is 1.69 bits per heavy atom. The van der Waals surface area contributed by atoms with Gasteiger partial charge in [-0.1, -0.05) is 0 Å². The molecule has 10 N–H and O–H groups in total. The molecule has 13 nitrogen and oxygen atoms in total. The van der Waals surface area contributed by atoms with Gasteiger partial charge in [-0.25, -0.2) is 9.78 Å². The molecule has 4 atom stereocenters. The Morgan fingerprint density at radius 1 is 1.06 bits per heavy atom. The minimum atomic E-state index is -1.52. The SMILES string of the molecule is NCCCCC(NC(=O)C(CS)NC(=O)C(N)Cc1cnc[nH]1)C(=O)NC(CO)C(=O)O. The van der Waals surface area contributed by atoms with Crippen molar-refractivity contribution in [3.05, 3.63) is 18.2 Å². The van der Waals surface area contributed by atoms with Crippen LogP contribution in [0.4, 0.5) is 0 Å². The van der Waals surface area contributed by atoms with E-state index in [1.165, 1.54) is 12.5 Å². The number of aliphatic hydroxyl groups excluding tert-OH is 1. The highest BCUT2D eigenvalue weighted by Crippen LogP contribution is 2.04. The molecule has 0 aliphatic carbocycles. The zero-order valence-corrected chi connectivity index (χ0v) is 18.4. The maximum atomic E-state index is 12.7. The highest BCUT2D eigenvalue weighted by molar-refractivity contribution is 7.80. The third-order valence-corrected chi connectivity index (χ3v) is 4.89. The van der Waals surface area contributed by atoms with Crippen molar-refractivity contribution < 1.29 is 29.4 Å². The van der Waals surface area contributed by atoms with Crippen LogP contribution in [0.15, 0.2) is 12.5 Å². The fourth-order valence-electron chi connectivity index (χ4n) is 2.69. The quantitative estimate of drug-likeness (QED) is 0.0925. The first-order valence-electron chi connectivity index (χ1n) is 10.0. The van der Waals surface area contributed by atoms with Crippen LogP contribution in [0.25, 0.3) is 0 Å². The Labute approximate surface area is 190 Å². The minimum Gasteiger partial charge on any atom is -0.480 e. The van der Waals surface area contributed by atoms with E-state index in [1.807, 2.05) is 0 Å². The van der Waals surface area contributed by atoms with Gasteiger partial charge in [0, 0.05) is 24.1 Å². The standard InChI is InChI=1S/C18H31N7O6S/c19-4-2-1-3-12(16(28)24-13(7-26)18(30)31)23-17(29)14(8-32)25-15(27)11(20)5-10-6-21-9-22-10/h6,9,11-14,26,32H,1-5,7-8,19-20H2,(H,21,22)(H,23,29)(H,24,28)(H,25,27)(H,30,31). The van der Waals surface area contributed by atoms with E-state index in [-0.39, 0.29) is 18.6 Å². The molecule has 0 aliphatic heterocycles. The van der Waals surface area contributed by atoms with Gasteiger partial charge in [0.15, 0.2) is 0 Å². The van der Waals surface area contributed by atoms with E-state index in [2.05, 4.69) is 38.5 Å². The van der Waals surface area contributed by atoms with E-state index in [0.29, 0.717) is 25.1 Å². The summed E-state index contributed by atoms with van der Waals surface area (Å²) in [5.41, 5.74) is 12.0. The Balaban J connectivity index is 2.77. The molecule has 1 aromatic rings. The van der Waals surface area contributed by atoms with Gasteiger partial charge < -0.3 is 42.6 Å². The van der Waals surface area contributed by atoms with Crippen molar-refractivity contribution >= 4 is 36.3 Å². The number of aromatic nitrogens is 2. The summed E-state index contributed by atoms with van der Waals surface area (Å²) in [6, 6.07) is -4.65. The van der Waals surface area contributed by atoms with Gasteiger partial charge in [0.05, 0.1) is 19.0 Å². The van der Waals surface area contributed by atoms with Crippen LogP contribution in [0.5, 0.6) is 0 Å². The van der Waals surface area contributed by atoms with Gasteiger partial charge in [-0.3, -0.25) is 14.4 Å². The molecule has 0 bridgehead atoms. The van der Waals surface area contributed by atoms with Gasteiger partial charge in [-0.15, -0.1) is 0 Å². The Bertz CT molecular complexity index is 748. The molecule has 1 aromatic heterocycles. The third-order valence-electron chi connectivity index (χ3n) is 4.52. The Morgan fingerprint density at radius 3 is 2.22 bits per heavy atom. The van der Waals surface area contributed by atoms with Crippen molar-refractivity contribution in [3.63, 3.8) is 0 Å². The van der Waals surface area contributed by atoms with Gasteiger partial charge in [0.1, 0.15) is 18.1 Å². The maximum Gasteiger partial charge on any atom is 0.328 e. The summed E-state index contributed by atoms with van der Waals surface area (Å²) in [6.45, 7) is -0.436. The number of amides is 3. The highest BCUT2D eigenvalue weighted by Gasteiger charge is 2.29. The van der Waals surface area contributed by atoms with Gasteiger partial charge in [0.25, 0.3) is 0 Å². The summed E-state index contributed by atoms with van der Waals surface area (Å²) in [5.74, 6) is -3.55. The van der Waals surface area contributed by atoms with Gasteiger partial charge in [0.2, 0.25) is 17.7 Å². The number of H-pyrrole nitrogens is 1. The van der Waals surface area contributed by atoms with Crippen LogP contribution in [0.3, 0.4) is 0 Å².